The highest BCUT2D eigenvalue weighted by atomic mass is 16.5. The summed E-state index contributed by atoms with van der Waals surface area (Å²) >= 11 is 0. The largest absolute Gasteiger partial charge is 0.389 e. The van der Waals surface area contributed by atoms with E-state index in [0.29, 0.717) is 6.61 Å². The summed E-state index contributed by atoms with van der Waals surface area (Å²) in [7, 11) is 0. The van der Waals surface area contributed by atoms with Crippen molar-refractivity contribution in [2.24, 2.45) is 5.73 Å². The molecule has 1 atom stereocenters. The fourth-order valence-corrected chi connectivity index (χ4v) is 0.534. The molecule has 10 heavy (non-hydrogen) atoms. The Labute approximate surface area is 62.2 Å². The minimum Gasteiger partial charge on any atom is -0.389 e. The molecule has 0 saturated carbocycles. The van der Waals surface area contributed by atoms with Crippen LogP contribution >= 0.6 is 0 Å². The number of aliphatic hydroxyl groups excluding tert-OH is 1. The van der Waals surface area contributed by atoms with E-state index in [1.807, 2.05) is 0 Å². The van der Waals surface area contributed by atoms with Crippen molar-refractivity contribution in [3.63, 3.8) is 0 Å². The lowest BCUT2D eigenvalue weighted by atomic mass is 10.3. The minimum atomic E-state index is -0.489. The van der Waals surface area contributed by atoms with Gasteiger partial charge in [0.1, 0.15) is 0 Å². The van der Waals surface area contributed by atoms with Crippen molar-refractivity contribution in [3.05, 3.63) is 0 Å². The van der Waals surface area contributed by atoms with E-state index in [0.717, 1.165) is 19.4 Å². The second-order valence-corrected chi connectivity index (χ2v) is 2.32. The molecule has 62 valence electrons. The van der Waals surface area contributed by atoms with Gasteiger partial charge in [0.25, 0.3) is 0 Å². The molecular weight excluding hydrogens is 130 g/mol. The van der Waals surface area contributed by atoms with E-state index in [4.69, 9.17) is 15.6 Å². The van der Waals surface area contributed by atoms with Gasteiger partial charge in [0, 0.05) is 13.2 Å². The predicted octanol–water partition coefficient (Wildman–Crippen LogP) is 0.123. The second-order valence-electron chi connectivity index (χ2n) is 2.32. The Morgan fingerprint density at radius 1 is 1.60 bits per heavy atom. The van der Waals surface area contributed by atoms with E-state index in [9.17, 15) is 0 Å². The highest BCUT2D eigenvalue weighted by Crippen LogP contribution is 1.89. The topological polar surface area (TPSA) is 55.5 Å². The normalized spacial score (nSPS) is 13.5. The Hall–Kier alpha value is -0.120. The lowest BCUT2D eigenvalue weighted by molar-refractivity contribution is 0.0402. The first-order valence-electron chi connectivity index (χ1n) is 3.77. The van der Waals surface area contributed by atoms with Crippen LogP contribution in [-0.2, 0) is 4.74 Å². The van der Waals surface area contributed by atoms with Crippen LogP contribution in [0.4, 0.5) is 0 Å². The van der Waals surface area contributed by atoms with Gasteiger partial charge in [-0.25, -0.2) is 0 Å². The fraction of sp³-hybridized carbons (Fsp3) is 1.00. The summed E-state index contributed by atoms with van der Waals surface area (Å²) in [5.74, 6) is 0. The zero-order chi connectivity index (χ0) is 7.82. The molecule has 0 rings (SSSR count). The van der Waals surface area contributed by atoms with Crippen LogP contribution in [-0.4, -0.2) is 31.0 Å². The molecule has 0 saturated heterocycles. The third kappa shape index (κ3) is 6.01. The highest BCUT2D eigenvalue weighted by molar-refractivity contribution is 4.51. The quantitative estimate of drug-likeness (QED) is 0.525. The average Bonchev–Trinajstić information content (AvgIpc) is 1.98. The van der Waals surface area contributed by atoms with Crippen molar-refractivity contribution in [3.8, 4) is 0 Å². The number of rotatable bonds is 6. The maximum absolute atomic E-state index is 8.91. The molecule has 0 aromatic heterocycles. The van der Waals surface area contributed by atoms with Crippen LogP contribution in [0.2, 0.25) is 0 Å². The van der Waals surface area contributed by atoms with Crippen molar-refractivity contribution in [2.75, 3.05) is 19.8 Å². The van der Waals surface area contributed by atoms with Crippen LogP contribution in [0.5, 0.6) is 0 Å². The number of nitrogens with two attached hydrogens (primary N) is 1. The van der Waals surface area contributed by atoms with Gasteiger partial charge in [0.05, 0.1) is 12.7 Å². The Balaban J connectivity index is 2.89. The summed E-state index contributed by atoms with van der Waals surface area (Å²) in [5, 5.41) is 8.91. The highest BCUT2D eigenvalue weighted by Gasteiger charge is 1.98. The number of aliphatic hydroxyl groups is 1. The van der Waals surface area contributed by atoms with Crippen molar-refractivity contribution in [2.45, 2.75) is 25.9 Å². The van der Waals surface area contributed by atoms with Crippen LogP contribution in [0.15, 0.2) is 0 Å². The van der Waals surface area contributed by atoms with E-state index >= 15 is 0 Å². The lowest BCUT2D eigenvalue weighted by Gasteiger charge is -2.07. The Morgan fingerprint density at radius 3 is 2.80 bits per heavy atom. The second kappa shape index (κ2) is 6.99. The van der Waals surface area contributed by atoms with E-state index in [-0.39, 0.29) is 6.54 Å². The van der Waals surface area contributed by atoms with Gasteiger partial charge in [-0.3, -0.25) is 0 Å². The molecule has 3 heteroatoms. The monoisotopic (exact) mass is 147 g/mol. The lowest BCUT2D eigenvalue weighted by Crippen LogP contribution is -2.25. The molecule has 3 nitrogen and oxygen atoms in total. The van der Waals surface area contributed by atoms with Gasteiger partial charge in [0.15, 0.2) is 0 Å². The van der Waals surface area contributed by atoms with Crippen LogP contribution < -0.4 is 5.73 Å². The number of hydrogen-bond acceptors (Lipinski definition) is 3. The molecule has 0 amide bonds. The molecule has 0 aliphatic rings. The summed E-state index contributed by atoms with van der Waals surface area (Å²) < 4.78 is 5.10. The molecule has 0 spiro atoms. The molecule has 0 fully saturated rings. The minimum absolute atomic E-state index is 0.284. The first-order valence-corrected chi connectivity index (χ1v) is 3.77. The van der Waals surface area contributed by atoms with Crippen LogP contribution in [0.25, 0.3) is 0 Å². The molecule has 0 aliphatic carbocycles. The van der Waals surface area contributed by atoms with E-state index in [2.05, 4.69) is 6.92 Å². The van der Waals surface area contributed by atoms with Gasteiger partial charge in [-0.05, 0) is 6.42 Å². The summed E-state index contributed by atoms with van der Waals surface area (Å²) in [6, 6.07) is 0. The zero-order valence-corrected chi connectivity index (χ0v) is 6.55. The van der Waals surface area contributed by atoms with Crippen molar-refractivity contribution < 1.29 is 9.84 Å². The predicted molar refractivity (Wildman–Crippen MR) is 40.8 cm³/mol. The zero-order valence-electron chi connectivity index (χ0n) is 6.55. The smallest absolute Gasteiger partial charge is 0.0895 e. The molecule has 0 aliphatic heterocycles. The van der Waals surface area contributed by atoms with E-state index in [1.54, 1.807) is 0 Å². The number of ether oxygens (including phenoxy) is 1. The van der Waals surface area contributed by atoms with Crippen LogP contribution in [0, 0.1) is 0 Å². The third-order valence-corrected chi connectivity index (χ3v) is 1.22. The van der Waals surface area contributed by atoms with Crippen molar-refractivity contribution in [1.29, 1.82) is 0 Å². The molecule has 0 heterocycles. The standard InChI is InChI=1S/C7H17NO2/c1-2-3-4-10-6-7(9)5-8/h7,9H,2-6,8H2,1H3. The van der Waals surface area contributed by atoms with E-state index in [1.165, 1.54) is 0 Å². The maximum Gasteiger partial charge on any atom is 0.0895 e. The first kappa shape index (κ1) is 9.88. The van der Waals surface area contributed by atoms with E-state index < -0.39 is 6.10 Å². The van der Waals surface area contributed by atoms with Gasteiger partial charge in [0.2, 0.25) is 0 Å². The van der Waals surface area contributed by atoms with Crippen LogP contribution in [0.1, 0.15) is 19.8 Å². The van der Waals surface area contributed by atoms with Gasteiger partial charge < -0.3 is 15.6 Å². The van der Waals surface area contributed by atoms with Gasteiger partial charge in [-0.15, -0.1) is 0 Å². The van der Waals surface area contributed by atoms with Gasteiger partial charge in [-0.2, -0.15) is 0 Å². The number of unbranched alkanes of at least 4 members (excludes halogenated alkanes) is 1. The number of hydrogen-bond donors (Lipinski definition) is 2. The molecule has 1 unspecified atom stereocenters. The fourth-order valence-electron chi connectivity index (χ4n) is 0.534. The Bertz CT molecular complexity index is 68.6. The van der Waals surface area contributed by atoms with Gasteiger partial charge >= 0.3 is 0 Å². The van der Waals surface area contributed by atoms with Crippen LogP contribution in [0.3, 0.4) is 0 Å². The third-order valence-electron chi connectivity index (χ3n) is 1.22. The molecule has 0 aromatic rings. The average molecular weight is 147 g/mol. The van der Waals surface area contributed by atoms with Crippen molar-refractivity contribution in [1.82, 2.24) is 0 Å². The summed E-state index contributed by atoms with van der Waals surface area (Å²) in [4.78, 5) is 0. The first-order chi connectivity index (χ1) is 4.81. The Kier molecular flexibility index (Phi) is 6.91. The van der Waals surface area contributed by atoms with Gasteiger partial charge in [-0.1, -0.05) is 13.3 Å². The summed E-state index contributed by atoms with van der Waals surface area (Å²) in [6.45, 7) is 3.49. The maximum atomic E-state index is 8.91. The molecular formula is C7H17NO2. The summed E-state index contributed by atoms with van der Waals surface area (Å²) in [5.41, 5.74) is 5.16. The summed E-state index contributed by atoms with van der Waals surface area (Å²) in [6.07, 6.45) is 1.69. The molecule has 3 N–H and O–H groups in total. The Morgan fingerprint density at radius 2 is 2.30 bits per heavy atom. The molecule has 0 aromatic carbocycles. The van der Waals surface area contributed by atoms with Crippen molar-refractivity contribution >= 4 is 0 Å². The SMILES string of the molecule is CCCCOCC(O)CN. The molecule has 0 radical (unpaired) electrons. The molecule has 0 bridgehead atoms.